The van der Waals surface area contributed by atoms with Crippen molar-refractivity contribution in [3.63, 3.8) is 0 Å². The summed E-state index contributed by atoms with van der Waals surface area (Å²) in [5, 5.41) is 3.26. The molecule has 1 aromatic carbocycles. The van der Waals surface area contributed by atoms with E-state index in [2.05, 4.69) is 32.2 Å². The van der Waals surface area contributed by atoms with Crippen LogP contribution in [0.3, 0.4) is 0 Å². The number of alkyl halides is 3. The van der Waals surface area contributed by atoms with Crippen LogP contribution in [0.25, 0.3) is 0 Å². The Morgan fingerprint density at radius 3 is 2.65 bits per heavy atom. The summed E-state index contributed by atoms with van der Waals surface area (Å²) in [6.45, 7) is 1.53. The average molecular weight is 372 g/mol. The largest absolute Gasteiger partial charge is 0.573 e. The zero-order chi connectivity index (χ0) is 15.0. The van der Waals surface area contributed by atoms with Crippen molar-refractivity contribution in [2.75, 3.05) is 18.6 Å². The first-order valence-electron chi connectivity index (χ1n) is 6.16. The van der Waals surface area contributed by atoms with E-state index < -0.39 is 6.36 Å². The second-order valence-corrected chi connectivity index (χ2v) is 6.03. The minimum absolute atomic E-state index is 0.221. The predicted octanol–water partition coefficient (Wildman–Crippen LogP) is 4.58. The van der Waals surface area contributed by atoms with E-state index in [1.54, 1.807) is 12.1 Å². The summed E-state index contributed by atoms with van der Waals surface area (Å²) < 4.78 is 40.5. The van der Waals surface area contributed by atoms with Gasteiger partial charge in [0.1, 0.15) is 5.75 Å². The molecular weight excluding hydrogens is 355 g/mol. The zero-order valence-corrected chi connectivity index (χ0v) is 13.5. The topological polar surface area (TPSA) is 21.3 Å². The molecule has 0 spiro atoms. The third-order valence-corrected chi connectivity index (χ3v) is 3.82. The highest BCUT2D eigenvalue weighted by atomic mass is 79.9. The average Bonchev–Trinajstić information content (AvgIpc) is 2.35. The predicted molar refractivity (Wildman–Crippen MR) is 80.1 cm³/mol. The highest BCUT2D eigenvalue weighted by molar-refractivity contribution is 9.10. The highest BCUT2D eigenvalue weighted by Gasteiger charge is 2.31. The van der Waals surface area contributed by atoms with Crippen LogP contribution in [0.5, 0.6) is 5.75 Å². The van der Waals surface area contributed by atoms with Gasteiger partial charge in [0.15, 0.2) is 0 Å². The number of nitrogens with one attached hydrogen (secondary N) is 1. The van der Waals surface area contributed by atoms with E-state index in [9.17, 15) is 13.2 Å². The molecule has 0 fully saturated rings. The number of unbranched alkanes of at least 4 members (excludes halogenated alkanes) is 1. The Balaban J connectivity index is 2.39. The Bertz CT molecular complexity index is 415. The Labute approximate surface area is 129 Å². The Morgan fingerprint density at radius 2 is 2.05 bits per heavy atom. The summed E-state index contributed by atoms with van der Waals surface area (Å²) in [5.41, 5.74) is 0.913. The summed E-state index contributed by atoms with van der Waals surface area (Å²) in [6, 6.07) is 4.58. The van der Waals surface area contributed by atoms with Crippen LogP contribution in [0.15, 0.2) is 22.7 Å². The molecule has 114 valence electrons. The molecule has 0 aromatic heterocycles. The van der Waals surface area contributed by atoms with Gasteiger partial charge in [0.25, 0.3) is 0 Å². The minimum atomic E-state index is -4.67. The van der Waals surface area contributed by atoms with Crippen molar-refractivity contribution in [2.24, 2.45) is 0 Å². The van der Waals surface area contributed by atoms with Crippen molar-refractivity contribution in [1.29, 1.82) is 0 Å². The van der Waals surface area contributed by atoms with Gasteiger partial charge in [0.05, 0.1) is 4.47 Å². The fourth-order valence-corrected chi connectivity index (χ4v) is 2.59. The molecule has 1 rings (SSSR count). The number of rotatable bonds is 8. The molecule has 0 aliphatic carbocycles. The molecule has 7 heteroatoms. The normalized spacial score (nSPS) is 11.7. The van der Waals surface area contributed by atoms with Gasteiger partial charge in [-0.25, -0.2) is 0 Å². The SMILES string of the molecule is CSCCCCNCc1ccc(OC(F)(F)F)c(Br)c1. The van der Waals surface area contributed by atoms with E-state index in [1.807, 2.05) is 11.8 Å². The van der Waals surface area contributed by atoms with Crippen molar-refractivity contribution in [3.8, 4) is 5.75 Å². The summed E-state index contributed by atoms with van der Waals surface area (Å²) >= 11 is 4.91. The van der Waals surface area contributed by atoms with Crippen molar-refractivity contribution < 1.29 is 17.9 Å². The van der Waals surface area contributed by atoms with Crippen molar-refractivity contribution >= 4 is 27.7 Å². The first kappa shape index (κ1) is 17.7. The van der Waals surface area contributed by atoms with E-state index in [0.717, 1.165) is 30.7 Å². The van der Waals surface area contributed by atoms with Gasteiger partial charge in [-0.15, -0.1) is 13.2 Å². The zero-order valence-electron chi connectivity index (χ0n) is 11.1. The van der Waals surface area contributed by atoms with Crippen LogP contribution in [-0.4, -0.2) is 24.9 Å². The summed E-state index contributed by atoms with van der Waals surface area (Å²) in [5.74, 6) is 0.928. The van der Waals surface area contributed by atoms with E-state index in [-0.39, 0.29) is 5.75 Å². The molecule has 0 heterocycles. The quantitative estimate of drug-likeness (QED) is 0.675. The fraction of sp³-hybridized carbons (Fsp3) is 0.538. The molecule has 0 radical (unpaired) electrons. The fourth-order valence-electron chi connectivity index (χ4n) is 1.59. The maximum atomic E-state index is 12.1. The number of halogens is 4. The maximum Gasteiger partial charge on any atom is 0.573 e. The summed E-state index contributed by atoms with van der Waals surface area (Å²) in [4.78, 5) is 0. The van der Waals surface area contributed by atoms with Gasteiger partial charge in [-0.05, 0) is 65.0 Å². The van der Waals surface area contributed by atoms with E-state index in [0.29, 0.717) is 11.0 Å². The third kappa shape index (κ3) is 7.40. The van der Waals surface area contributed by atoms with E-state index in [4.69, 9.17) is 0 Å². The van der Waals surface area contributed by atoms with Gasteiger partial charge in [-0.1, -0.05) is 6.07 Å². The van der Waals surface area contributed by atoms with Crippen LogP contribution in [0.2, 0.25) is 0 Å². The van der Waals surface area contributed by atoms with Crippen molar-refractivity contribution in [2.45, 2.75) is 25.7 Å². The molecule has 2 nitrogen and oxygen atoms in total. The highest BCUT2D eigenvalue weighted by Crippen LogP contribution is 2.30. The van der Waals surface area contributed by atoms with Gasteiger partial charge in [-0.2, -0.15) is 11.8 Å². The smallest absolute Gasteiger partial charge is 0.405 e. The molecule has 0 bridgehead atoms. The van der Waals surface area contributed by atoms with E-state index in [1.165, 1.54) is 6.07 Å². The molecule has 0 atom stereocenters. The molecule has 0 aliphatic heterocycles. The third-order valence-electron chi connectivity index (χ3n) is 2.50. The Hall–Kier alpha value is -0.400. The standard InChI is InChI=1S/C13H17BrF3NOS/c1-20-7-3-2-6-18-9-10-4-5-12(11(14)8-10)19-13(15,16)17/h4-5,8,18H,2-3,6-7,9H2,1H3. The van der Waals surface area contributed by atoms with E-state index >= 15 is 0 Å². The first-order valence-corrected chi connectivity index (χ1v) is 8.35. The Kier molecular flexibility index (Phi) is 7.76. The Morgan fingerprint density at radius 1 is 1.30 bits per heavy atom. The van der Waals surface area contributed by atoms with Crippen LogP contribution in [0.4, 0.5) is 13.2 Å². The minimum Gasteiger partial charge on any atom is -0.405 e. The van der Waals surface area contributed by atoms with Gasteiger partial charge < -0.3 is 10.1 Å². The molecule has 1 aromatic rings. The van der Waals surface area contributed by atoms with Gasteiger partial charge >= 0.3 is 6.36 Å². The maximum absolute atomic E-state index is 12.1. The molecule has 0 amide bonds. The van der Waals surface area contributed by atoms with Gasteiger partial charge in [0, 0.05) is 6.54 Å². The number of benzene rings is 1. The lowest BCUT2D eigenvalue weighted by Crippen LogP contribution is -2.18. The number of ether oxygens (including phenoxy) is 1. The van der Waals surface area contributed by atoms with Crippen LogP contribution in [-0.2, 0) is 6.54 Å². The molecule has 0 aliphatic rings. The van der Waals surface area contributed by atoms with Crippen molar-refractivity contribution in [1.82, 2.24) is 5.32 Å². The molecule has 0 unspecified atom stereocenters. The molecule has 0 saturated carbocycles. The van der Waals surface area contributed by atoms with Crippen molar-refractivity contribution in [3.05, 3.63) is 28.2 Å². The number of hydrogen-bond acceptors (Lipinski definition) is 3. The number of hydrogen-bond donors (Lipinski definition) is 1. The lowest BCUT2D eigenvalue weighted by atomic mass is 10.2. The van der Waals surface area contributed by atoms with Crippen LogP contribution < -0.4 is 10.1 Å². The summed E-state index contributed by atoms with van der Waals surface area (Å²) in [6.07, 6.45) is -0.331. The lowest BCUT2D eigenvalue weighted by molar-refractivity contribution is -0.274. The lowest BCUT2D eigenvalue weighted by Gasteiger charge is -2.12. The molecule has 20 heavy (non-hydrogen) atoms. The van der Waals surface area contributed by atoms with Crippen LogP contribution in [0, 0.1) is 0 Å². The second-order valence-electron chi connectivity index (χ2n) is 4.19. The molecule has 0 saturated heterocycles. The second kappa shape index (κ2) is 8.79. The number of thioether (sulfide) groups is 1. The first-order chi connectivity index (χ1) is 9.42. The molecular formula is C13H17BrF3NOS. The molecule has 1 N–H and O–H groups in total. The van der Waals surface area contributed by atoms with Crippen LogP contribution in [0.1, 0.15) is 18.4 Å². The monoisotopic (exact) mass is 371 g/mol. The van der Waals surface area contributed by atoms with Gasteiger partial charge in [-0.3, -0.25) is 0 Å². The van der Waals surface area contributed by atoms with Gasteiger partial charge in [0.2, 0.25) is 0 Å². The van der Waals surface area contributed by atoms with Crippen LogP contribution >= 0.6 is 27.7 Å². The summed E-state index contributed by atoms with van der Waals surface area (Å²) in [7, 11) is 0.